The van der Waals surface area contributed by atoms with E-state index in [-0.39, 0.29) is 22.8 Å². The molecule has 1 aliphatic heterocycles. The van der Waals surface area contributed by atoms with Gasteiger partial charge in [0.15, 0.2) is 9.84 Å². The number of esters is 1. The Morgan fingerprint density at radius 3 is 2.15 bits per heavy atom. The summed E-state index contributed by atoms with van der Waals surface area (Å²) in [5, 5.41) is 3.19. The summed E-state index contributed by atoms with van der Waals surface area (Å²) in [6.45, 7) is 9.66. The number of hydrogen-bond donors (Lipinski definition) is 2. The van der Waals surface area contributed by atoms with E-state index in [2.05, 4.69) is 10.2 Å². The van der Waals surface area contributed by atoms with Crippen LogP contribution in [-0.4, -0.2) is 62.7 Å². The van der Waals surface area contributed by atoms with Crippen molar-refractivity contribution in [2.24, 2.45) is 5.73 Å². The zero-order chi connectivity index (χ0) is 28.8. The van der Waals surface area contributed by atoms with Crippen molar-refractivity contribution in [2.75, 3.05) is 25.9 Å². The summed E-state index contributed by atoms with van der Waals surface area (Å²) >= 11 is 0. The van der Waals surface area contributed by atoms with E-state index in [4.69, 9.17) is 10.5 Å². The number of ether oxygens (including phenoxy) is 1. The van der Waals surface area contributed by atoms with Gasteiger partial charge in [-0.25, -0.2) is 13.2 Å². The van der Waals surface area contributed by atoms with Crippen LogP contribution in [0, 0.1) is 0 Å². The highest BCUT2D eigenvalue weighted by molar-refractivity contribution is 7.90. The van der Waals surface area contributed by atoms with Crippen LogP contribution < -0.4 is 11.1 Å². The first-order chi connectivity index (χ1) is 18.2. The molecule has 2 aromatic carbocycles. The minimum atomic E-state index is -3.28. The maximum absolute atomic E-state index is 13.2. The third-order valence-corrected chi connectivity index (χ3v) is 8.37. The van der Waals surface area contributed by atoms with E-state index in [1.54, 1.807) is 24.3 Å². The van der Waals surface area contributed by atoms with Gasteiger partial charge in [0, 0.05) is 31.9 Å². The van der Waals surface area contributed by atoms with E-state index in [1.807, 2.05) is 58.0 Å². The summed E-state index contributed by atoms with van der Waals surface area (Å²) in [6.07, 6.45) is 3.80. The van der Waals surface area contributed by atoms with E-state index in [9.17, 15) is 18.0 Å². The number of likely N-dealkylation sites (tertiary alicyclic amines) is 1. The van der Waals surface area contributed by atoms with Gasteiger partial charge in [0.05, 0.1) is 10.8 Å². The number of piperidine rings is 1. The van der Waals surface area contributed by atoms with E-state index >= 15 is 0 Å². The summed E-state index contributed by atoms with van der Waals surface area (Å²) in [7, 11) is -3.28. The molecule has 0 bridgehead atoms. The summed E-state index contributed by atoms with van der Waals surface area (Å²) in [4.78, 5) is 28.8. The molecule has 0 saturated carbocycles. The van der Waals surface area contributed by atoms with Crippen LogP contribution in [0.3, 0.4) is 0 Å². The molecular formula is C30H43N3O5S. The summed E-state index contributed by atoms with van der Waals surface area (Å²) in [6, 6.07) is 16.0. The highest BCUT2D eigenvalue weighted by Crippen LogP contribution is 2.28. The van der Waals surface area contributed by atoms with Crippen LogP contribution in [0.2, 0.25) is 0 Å². The normalized spacial score (nSPS) is 17.7. The van der Waals surface area contributed by atoms with Crippen molar-refractivity contribution in [3.63, 3.8) is 0 Å². The fraction of sp³-hybridized carbons (Fsp3) is 0.533. The smallest absolute Gasteiger partial charge is 0.331 e. The maximum Gasteiger partial charge on any atom is 0.331 e. The average Bonchev–Trinajstić information content (AvgIpc) is 2.88. The zero-order valence-corrected chi connectivity index (χ0v) is 24.6. The van der Waals surface area contributed by atoms with Crippen LogP contribution in [0.1, 0.15) is 70.4 Å². The molecule has 214 valence electrons. The van der Waals surface area contributed by atoms with Crippen molar-refractivity contribution >= 4 is 21.7 Å². The number of carbonyl (C=O) groups is 2. The van der Waals surface area contributed by atoms with E-state index in [1.165, 1.54) is 6.26 Å². The van der Waals surface area contributed by atoms with Crippen LogP contribution in [0.25, 0.3) is 0 Å². The van der Waals surface area contributed by atoms with Gasteiger partial charge in [-0.2, -0.15) is 0 Å². The SMILES string of the molecule is CCC(C(=O)NC1CCN(CCC(N)(C(=O)OC(C)(C)C)c2ccccc2)CC1)c1ccc(S(C)(=O)=O)cc1. The summed E-state index contributed by atoms with van der Waals surface area (Å²) < 4.78 is 29.2. The molecule has 1 fully saturated rings. The molecule has 0 aromatic heterocycles. The largest absolute Gasteiger partial charge is 0.458 e. The Hall–Kier alpha value is -2.75. The Balaban J connectivity index is 1.57. The molecule has 0 spiro atoms. The zero-order valence-electron chi connectivity index (χ0n) is 23.8. The number of amides is 1. The Labute approximate surface area is 233 Å². The summed E-state index contributed by atoms with van der Waals surface area (Å²) in [5.74, 6) is -0.814. The topological polar surface area (TPSA) is 119 Å². The number of nitrogens with two attached hydrogens (primary N) is 1. The molecule has 9 heteroatoms. The van der Waals surface area contributed by atoms with Gasteiger partial charge in [0.2, 0.25) is 5.91 Å². The highest BCUT2D eigenvalue weighted by atomic mass is 32.2. The fourth-order valence-corrected chi connectivity index (χ4v) is 5.56. The van der Waals surface area contributed by atoms with Crippen LogP contribution >= 0.6 is 0 Å². The lowest BCUT2D eigenvalue weighted by molar-refractivity contribution is -0.162. The highest BCUT2D eigenvalue weighted by Gasteiger charge is 2.40. The first-order valence-electron chi connectivity index (χ1n) is 13.6. The first kappa shape index (κ1) is 30.8. The molecule has 2 atom stereocenters. The lowest BCUT2D eigenvalue weighted by atomic mass is 9.87. The molecule has 1 amide bonds. The second-order valence-corrected chi connectivity index (χ2v) is 13.5. The van der Waals surface area contributed by atoms with Crippen molar-refractivity contribution in [3.8, 4) is 0 Å². The van der Waals surface area contributed by atoms with Crippen LogP contribution in [0.15, 0.2) is 59.5 Å². The molecule has 8 nitrogen and oxygen atoms in total. The molecule has 3 rings (SSSR count). The Morgan fingerprint density at radius 2 is 1.64 bits per heavy atom. The van der Waals surface area contributed by atoms with Gasteiger partial charge in [-0.15, -0.1) is 0 Å². The van der Waals surface area contributed by atoms with Gasteiger partial charge in [-0.1, -0.05) is 49.4 Å². The molecule has 2 unspecified atom stereocenters. The number of sulfone groups is 1. The van der Waals surface area contributed by atoms with Gasteiger partial charge >= 0.3 is 5.97 Å². The fourth-order valence-electron chi connectivity index (χ4n) is 4.93. The number of nitrogens with one attached hydrogen (secondary N) is 1. The van der Waals surface area contributed by atoms with Crippen LogP contribution in [0.5, 0.6) is 0 Å². The Kier molecular flexibility index (Phi) is 9.96. The van der Waals surface area contributed by atoms with Crippen molar-refractivity contribution in [3.05, 3.63) is 65.7 Å². The predicted octanol–water partition coefficient (Wildman–Crippen LogP) is 3.75. The van der Waals surface area contributed by atoms with Crippen LogP contribution in [0.4, 0.5) is 0 Å². The van der Waals surface area contributed by atoms with Gasteiger partial charge in [-0.3, -0.25) is 4.79 Å². The van der Waals surface area contributed by atoms with Crippen molar-refractivity contribution < 1.29 is 22.7 Å². The van der Waals surface area contributed by atoms with Crippen LogP contribution in [-0.2, 0) is 29.7 Å². The van der Waals surface area contributed by atoms with Gasteiger partial charge in [0.1, 0.15) is 11.1 Å². The Morgan fingerprint density at radius 1 is 1.05 bits per heavy atom. The van der Waals surface area contributed by atoms with Crippen molar-refractivity contribution in [2.45, 2.75) is 81.4 Å². The minimum absolute atomic E-state index is 0.0435. The predicted molar refractivity (Wildman–Crippen MR) is 153 cm³/mol. The summed E-state index contributed by atoms with van der Waals surface area (Å²) in [5.41, 5.74) is 6.38. The van der Waals surface area contributed by atoms with Crippen molar-refractivity contribution in [1.29, 1.82) is 0 Å². The molecule has 3 N–H and O–H groups in total. The minimum Gasteiger partial charge on any atom is -0.458 e. The molecule has 0 radical (unpaired) electrons. The number of carbonyl (C=O) groups excluding carboxylic acids is 2. The molecule has 2 aromatic rings. The molecule has 0 aliphatic carbocycles. The van der Waals surface area contributed by atoms with E-state index < -0.39 is 26.9 Å². The Bertz CT molecular complexity index is 1220. The number of hydrogen-bond acceptors (Lipinski definition) is 7. The van der Waals surface area contributed by atoms with Gasteiger partial charge in [-0.05, 0) is 69.7 Å². The second-order valence-electron chi connectivity index (χ2n) is 11.5. The van der Waals surface area contributed by atoms with Gasteiger partial charge < -0.3 is 20.7 Å². The standard InChI is InChI=1S/C30H43N3O5S/c1-6-26(22-12-14-25(15-13-22)39(5,36)37)27(34)32-24-16-19-33(20-17-24)21-18-30(31,23-10-8-7-9-11-23)28(35)38-29(2,3)4/h7-15,24,26H,6,16-21,31H2,1-5H3,(H,32,34). The van der Waals surface area contributed by atoms with E-state index in [0.29, 0.717) is 19.4 Å². The number of benzene rings is 2. The molecule has 1 aliphatic rings. The third kappa shape index (κ3) is 8.37. The molecule has 1 heterocycles. The second kappa shape index (κ2) is 12.6. The number of rotatable bonds is 10. The van der Waals surface area contributed by atoms with Crippen molar-refractivity contribution in [1.82, 2.24) is 10.2 Å². The molecular weight excluding hydrogens is 514 g/mol. The third-order valence-electron chi connectivity index (χ3n) is 7.24. The maximum atomic E-state index is 13.2. The lowest BCUT2D eigenvalue weighted by Crippen LogP contribution is -2.51. The van der Waals surface area contributed by atoms with E-state index in [0.717, 1.165) is 37.1 Å². The quantitative estimate of drug-likeness (QED) is 0.427. The van der Waals surface area contributed by atoms with Gasteiger partial charge in [0.25, 0.3) is 0 Å². The first-order valence-corrected chi connectivity index (χ1v) is 15.5. The average molecular weight is 558 g/mol. The number of nitrogens with zero attached hydrogens (tertiary/aromatic N) is 1. The molecule has 1 saturated heterocycles. The monoisotopic (exact) mass is 557 g/mol. The lowest BCUT2D eigenvalue weighted by Gasteiger charge is -2.36. The molecule has 39 heavy (non-hydrogen) atoms.